The van der Waals surface area contributed by atoms with Gasteiger partial charge in [0.2, 0.25) is 0 Å². The quantitative estimate of drug-likeness (QED) is 0.589. The second-order valence-corrected chi connectivity index (χ2v) is 5.91. The monoisotopic (exact) mass is 167 g/mol. The van der Waals surface area contributed by atoms with Gasteiger partial charge in [-0.05, 0) is 35.5 Å². The molecule has 2 N–H and O–H groups in total. The molecule has 0 aromatic heterocycles. The highest BCUT2D eigenvalue weighted by Crippen LogP contribution is 2.71. The van der Waals surface area contributed by atoms with Crippen molar-refractivity contribution in [2.45, 2.75) is 53.0 Å². The summed E-state index contributed by atoms with van der Waals surface area (Å²) in [5.41, 5.74) is 7.58. The number of hydrogen-bond donors (Lipinski definition) is 1. The maximum absolute atomic E-state index is 6.22. The zero-order chi connectivity index (χ0) is 9.20. The van der Waals surface area contributed by atoms with E-state index < -0.39 is 0 Å². The highest BCUT2D eigenvalue weighted by atomic mass is 14.8. The molecule has 0 aromatic rings. The number of rotatable bonds is 0. The van der Waals surface area contributed by atoms with Crippen LogP contribution in [0.5, 0.6) is 0 Å². The Labute approximate surface area is 75.7 Å². The molecule has 0 radical (unpaired) electrons. The predicted octanol–water partition coefficient (Wildman–Crippen LogP) is 2.55. The summed E-state index contributed by atoms with van der Waals surface area (Å²) in [6.07, 6.45) is 3.94. The first-order chi connectivity index (χ1) is 5.33. The minimum Gasteiger partial charge on any atom is -0.327 e. The largest absolute Gasteiger partial charge is 0.327 e. The van der Waals surface area contributed by atoms with E-state index in [2.05, 4.69) is 27.7 Å². The Kier molecular flexibility index (Phi) is 1.35. The SMILES string of the molecule is CC1(C)[C@@]2(C)CC[C@]1(C)C(N)C2. The normalized spacial score (nSPS) is 56.2. The van der Waals surface area contributed by atoms with Gasteiger partial charge < -0.3 is 5.73 Å². The fourth-order valence-corrected chi connectivity index (χ4v) is 3.57. The Balaban J connectivity index is 2.49. The van der Waals surface area contributed by atoms with E-state index in [4.69, 9.17) is 5.73 Å². The Morgan fingerprint density at radius 3 is 1.83 bits per heavy atom. The van der Waals surface area contributed by atoms with Gasteiger partial charge in [0.05, 0.1) is 0 Å². The Hall–Kier alpha value is -0.0400. The van der Waals surface area contributed by atoms with Crippen molar-refractivity contribution in [3.63, 3.8) is 0 Å². The van der Waals surface area contributed by atoms with E-state index >= 15 is 0 Å². The first-order valence-electron chi connectivity index (χ1n) is 5.09. The number of nitrogens with two attached hydrogens (primary N) is 1. The number of fused-ring (bicyclic) bond motifs is 2. The van der Waals surface area contributed by atoms with E-state index in [9.17, 15) is 0 Å². The van der Waals surface area contributed by atoms with Crippen LogP contribution in [0.15, 0.2) is 0 Å². The lowest BCUT2D eigenvalue weighted by atomic mass is 9.65. The van der Waals surface area contributed by atoms with Crippen LogP contribution in [0, 0.1) is 16.2 Å². The van der Waals surface area contributed by atoms with Gasteiger partial charge >= 0.3 is 0 Å². The molecule has 12 heavy (non-hydrogen) atoms. The molecule has 2 fully saturated rings. The van der Waals surface area contributed by atoms with E-state index in [0.29, 0.717) is 22.3 Å². The van der Waals surface area contributed by atoms with Gasteiger partial charge in [0.15, 0.2) is 0 Å². The van der Waals surface area contributed by atoms with Gasteiger partial charge in [-0.2, -0.15) is 0 Å². The fourth-order valence-electron chi connectivity index (χ4n) is 3.57. The molecule has 1 heteroatoms. The lowest BCUT2D eigenvalue weighted by molar-refractivity contribution is 0.0948. The summed E-state index contributed by atoms with van der Waals surface area (Å²) in [6.45, 7) is 9.63. The Morgan fingerprint density at radius 1 is 1.08 bits per heavy atom. The first-order valence-corrected chi connectivity index (χ1v) is 5.09. The average Bonchev–Trinajstić information content (AvgIpc) is 2.18. The highest BCUT2D eigenvalue weighted by Gasteiger charge is 2.66. The molecule has 0 aliphatic heterocycles. The Bertz CT molecular complexity index is 218. The van der Waals surface area contributed by atoms with E-state index in [1.165, 1.54) is 19.3 Å². The maximum Gasteiger partial charge on any atom is 0.0104 e. The average molecular weight is 167 g/mol. The molecule has 0 aromatic carbocycles. The second kappa shape index (κ2) is 1.89. The van der Waals surface area contributed by atoms with Crippen molar-refractivity contribution in [2.75, 3.05) is 0 Å². The molecule has 2 bridgehead atoms. The molecule has 2 rings (SSSR count). The minimum absolute atomic E-state index is 0.405. The van der Waals surface area contributed by atoms with Crippen LogP contribution in [0.25, 0.3) is 0 Å². The van der Waals surface area contributed by atoms with Crippen LogP contribution in [-0.4, -0.2) is 6.04 Å². The van der Waals surface area contributed by atoms with Gasteiger partial charge in [0.1, 0.15) is 0 Å². The second-order valence-electron chi connectivity index (χ2n) is 5.91. The molecule has 0 heterocycles. The molecule has 3 atom stereocenters. The van der Waals surface area contributed by atoms with E-state index in [-0.39, 0.29) is 0 Å². The van der Waals surface area contributed by atoms with Crippen molar-refractivity contribution >= 4 is 0 Å². The van der Waals surface area contributed by atoms with Gasteiger partial charge in [0.25, 0.3) is 0 Å². The maximum atomic E-state index is 6.22. The third-order valence-corrected chi connectivity index (χ3v) is 5.62. The number of hydrogen-bond acceptors (Lipinski definition) is 1. The zero-order valence-corrected chi connectivity index (χ0v) is 8.78. The van der Waals surface area contributed by atoms with Crippen LogP contribution in [0.4, 0.5) is 0 Å². The van der Waals surface area contributed by atoms with Gasteiger partial charge in [-0.1, -0.05) is 27.7 Å². The van der Waals surface area contributed by atoms with E-state index in [1.54, 1.807) is 0 Å². The summed E-state index contributed by atoms with van der Waals surface area (Å²) >= 11 is 0. The predicted molar refractivity (Wildman–Crippen MR) is 51.8 cm³/mol. The molecule has 0 spiro atoms. The van der Waals surface area contributed by atoms with Crippen LogP contribution < -0.4 is 5.73 Å². The van der Waals surface area contributed by atoms with Crippen molar-refractivity contribution in [1.82, 2.24) is 0 Å². The molecule has 2 aliphatic carbocycles. The van der Waals surface area contributed by atoms with Gasteiger partial charge in [0, 0.05) is 6.04 Å². The molecular weight excluding hydrogens is 146 g/mol. The van der Waals surface area contributed by atoms with Gasteiger partial charge in [-0.3, -0.25) is 0 Å². The third-order valence-electron chi connectivity index (χ3n) is 5.62. The minimum atomic E-state index is 0.405. The van der Waals surface area contributed by atoms with Crippen LogP contribution >= 0.6 is 0 Å². The Morgan fingerprint density at radius 2 is 1.67 bits per heavy atom. The molecule has 2 aliphatic rings. The molecule has 1 nitrogen and oxygen atoms in total. The van der Waals surface area contributed by atoms with Crippen LogP contribution in [0.1, 0.15) is 47.0 Å². The summed E-state index contributed by atoms with van der Waals surface area (Å²) < 4.78 is 0. The summed E-state index contributed by atoms with van der Waals surface area (Å²) in [6, 6.07) is 0.436. The van der Waals surface area contributed by atoms with Crippen molar-refractivity contribution in [3.05, 3.63) is 0 Å². The smallest absolute Gasteiger partial charge is 0.0104 e. The lowest BCUT2D eigenvalue weighted by Crippen LogP contribution is -2.40. The summed E-state index contributed by atoms with van der Waals surface area (Å²) in [7, 11) is 0. The molecule has 1 unspecified atom stereocenters. The third kappa shape index (κ3) is 0.618. The summed E-state index contributed by atoms with van der Waals surface area (Å²) in [5, 5.41) is 0. The van der Waals surface area contributed by atoms with Crippen molar-refractivity contribution in [2.24, 2.45) is 22.0 Å². The van der Waals surface area contributed by atoms with Crippen molar-refractivity contribution < 1.29 is 0 Å². The highest BCUT2D eigenvalue weighted by molar-refractivity contribution is 5.17. The summed E-state index contributed by atoms with van der Waals surface area (Å²) in [4.78, 5) is 0. The molecular formula is C11H21N. The molecule has 0 saturated heterocycles. The molecule has 2 saturated carbocycles. The van der Waals surface area contributed by atoms with Crippen molar-refractivity contribution in [3.8, 4) is 0 Å². The summed E-state index contributed by atoms with van der Waals surface area (Å²) in [5.74, 6) is 0. The molecule has 70 valence electrons. The van der Waals surface area contributed by atoms with Crippen LogP contribution in [-0.2, 0) is 0 Å². The van der Waals surface area contributed by atoms with Gasteiger partial charge in [-0.25, -0.2) is 0 Å². The standard InChI is InChI=1S/C11H21N/c1-9(2)10(3)5-6-11(9,4)8(12)7-10/h8H,5-7,12H2,1-4H3/t8?,10-,11+/m0/s1. The first kappa shape index (κ1) is 8.55. The van der Waals surface area contributed by atoms with E-state index in [0.717, 1.165) is 0 Å². The van der Waals surface area contributed by atoms with Crippen molar-refractivity contribution in [1.29, 1.82) is 0 Å². The van der Waals surface area contributed by atoms with E-state index in [1.807, 2.05) is 0 Å². The van der Waals surface area contributed by atoms with Gasteiger partial charge in [-0.15, -0.1) is 0 Å². The zero-order valence-electron chi connectivity index (χ0n) is 8.78. The topological polar surface area (TPSA) is 26.0 Å². The van der Waals surface area contributed by atoms with Crippen LogP contribution in [0.3, 0.4) is 0 Å². The fraction of sp³-hybridized carbons (Fsp3) is 1.00. The van der Waals surface area contributed by atoms with Crippen LogP contribution in [0.2, 0.25) is 0 Å². The molecule has 0 amide bonds. The lowest BCUT2D eigenvalue weighted by Gasteiger charge is -2.39.